The van der Waals surface area contributed by atoms with Crippen molar-refractivity contribution in [2.45, 2.75) is 13.5 Å². The zero-order chi connectivity index (χ0) is 26.8. The molecule has 0 atom stereocenters. The van der Waals surface area contributed by atoms with E-state index in [0.717, 1.165) is 59.7 Å². The SMILES string of the molecule is CCN1C(=O)/C(=C\c2ccc3c(ccn3Cc3cccc(F)c3)c2)SC1=Nc1ccc(N2CCOCC2)cc1. The van der Waals surface area contributed by atoms with Gasteiger partial charge in [0.05, 0.1) is 23.8 Å². The summed E-state index contributed by atoms with van der Waals surface area (Å²) >= 11 is 1.41. The molecule has 0 bridgehead atoms. The molecule has 0 unspecified atom stereocenters. The summed E-state index contributed by atoms with van der Waals surface area (Å²) in [4.78, 5) is 22.7. The molecule has 39 heavy (non-hydrogen) atoms. The molecular formula is C31H29FN4O2S. The summed E-state index contributed by atoms with van der Waals surface area (Å²) in [5.74, 6) is -0.263. The van der Waals surface area contributed by atoms with Crippen LogP contribution in [-0.4, -0.2) is 53.4 Å². The van der Waals surface area contributed by atoms with Crippen LogP contribution in [0.5, 0.6) is 0 Å². The normalized spacial score (nSPS) is 18.2. The number of rotatable bonds is 6. The number of amidine groups is 1. The van der Waals surface area contributed by atoms with Crippen LogP contribution in [0.4, 0.5) is 15.8 Å². The lowest BCUT2D eigenvalue weighted by Gasteiger charge is -2.28. The van der Waals surface area contributed by atoms with E-state index in [-0.39, 0.29) is 11.7 Å². The number of halogens is 1. The molecule has 3 aromatic carbocycles. The van der Waals surface area contributed by atoms with Crippen molar-refractivity contribution in [1.29, 1.82) is 0 Å². The van der Waals surface area contributed by atoms with Crippen molar-refractivity contribution in [2.24, 2.45) is 4.99 Å². The summed E-state index contributed by atoms with van der Waals surface area (Å²) in [6.45, 7) is 6.38. The van der Waals surface area contributed by atoms with E-state index in [1.54, 1.807) is 17.0 Å². The van der Waals surface area contributed by atoms with Gasteiger partial charge in [0.15, 0.2) is 5.17 Å². The van der Waals surface area contributed by atoms with E-state index >= 15 is 0 Å². The maximum Gasteiger partial charge on any atom is 0.266 e. The Morgan fingerprint density at radius 1 is 1.03 bits per heavy atom. The third kappa shape index (κ3) is 5.48. The lowest BCUT2D eigenvalue weighted by Crippen LogP contribution is -2.36. The minimum absolute atomic E-state index is 0.0324. The van der Waals surface area contributed by atoms with Crippen molar-refractivity contribution in [1.82, 2.24) is 9.47 Å². The number of morpholine rings is 1. The van der Waals surface area contributed by atoms with Crippen LogP contribution in [0.1, 0.15) is 18.1 Å². The summed E-state index contributed by atoms with van der Waals surface area (Å²) < 4.78 is 21.2. The molecule has 6 nitrogen and oxygen atoms in total. The first-order valence-corrected chi connectivity index (χ1v) is 14.0. The molecule has 0 spiro atoms. The molecule has 198 valence electrons. The standard InChI is InChI=1S/C31H29FN4O2S/c1-2-36-30(37)29(39-31(36)33-26-7-9-27(10-8-26)34-14-16-38-17-15-34)20-22-6-11-28-24(18-22)12-13-35(28)21-23-4-3-5-25(32)19-23/h3-13,18-20H,2,14-17,21H2,1H3/b29-20+,33-31?. The number of benzene rings is 3. The minimum atomic E-state index is -0.231. The van der Waals surface area contributed by atoms with Gasteiger partial charge in [0.25, 0.3) is 5.91 Å². The number of likely N-dealkylation sites (N-methyl/N-ethyl adjacent to an activating group) is 1. The topological polar surface area (TPSA) is 50.1 Å². The number of hydrogen-bond acceptors (Lipinski definition) is 5. The van der Waals surface area contributed by atoms with E-state index in [1.807, 2.05) is 55.6 Å². The summed E-state index contributed by atoms with van der Waals surface area (Å²) in [5, 5.41) is 1.76. The fourth-order valence-electron chi connectivity index (χ4n) is 4.97. The van der Waals surface area contributed by atoms with Gasteiger partial charge in [0, 0.05) is 49.0 Å². The smallest absolute Gasteiger partial charge is 0.266 e. The van der Waals surface area contributed by atoms with Crippen LogP contribution < -0.4 is 4.90 Å². The van der Waals surface area contributed by atoms with Gasteiger partial charge >= 0.3 is 0 Å². The molecule has 2 fully saturated rings. The van der Waals surface area contributed by atoms with E-state index in [2.05, 4.69) is 27.7 Å². The molecule has 2 aliphatic rings. The van der Waals surface area contributed by atoms with Crippen LogP contribution in [0.25, 0.3) is 17.0 Å². The van der Waals surface area contributed by atoms with Crippen molar-refractivity contribution in [3.05, 3.63) is 101 Å². The molecule has 0 radical (unpaired) electrons. The van der Waals surface area contributed by atoms with E-state index in [9.17, 15) is 9.18 Å². The highest BCUT2D eigenvalue weighted by molar-refractivity contribution is 8.18. The van der Waals surface area contributed by atoms with E-state index in [4.69, 9.17) is 9.73 Å². The fraction of sp³-hybridized carbons (Fsp3) is 0.226. The number of aliphatic imine (C=N–C) groups is 1. The fourth-order valence-corrected chi connectivity index (χ4v) is 6.03. The van der Waals surface area contributed by atoms with Gasteiger partial charge in [-0.15, -0.1) is 0 Å². The predicted octanol–water partition coefficient (Wildman–Crippen LogP) is 6.29. The maximum absolute atomic E-state index is 13.6. The third-order valence-electron chi connectivity index (χ3n) is 6.99. The second kappa shape index (κ2) is 11.1. The number of ether oxygens (including phenoxy) is 1. The van der Waals surface area contributed by atoms with Crippen LogP contribution in [0, 0.1) is 5.82 Å². The van der Waals surface area contributed by atoms with Gasteiger partial charge in [0.2, 0.25) is 0 Å². The van der Waals surface area contributed by atoms with Gasteiger partial charge in [-0.1, -0.05) is 18.2 Å². The number of carbonyl (C=O) groups excluding carboxylic acids is 1. The van der Waals surface area contributed by atoms with E-state index in [1.165, 1.54) is 17.8 Å². The number of thioether (sulfide) groups is 1. The minimum Gasteiger partial charge on any atom is -0.378 e. The third-order valence-corrected chi connectivity index (χ3v) is 8.00. The molecule has 2 aliphatic heterocycles. The van der Waals surface area contributed by atoms with Crippen molar-refractivity contribution in [3.63, 3.8) is 0 Å². The van der Waals surface area contributed by atoms with Gasteiger partial charge < -0.3 is 14.2 Å². The molecule has 0 N–H and O–H groups in total. The van der Waals surface area contributed by atoms with E-state index < -0.39 is 0 Å². The van der Waals surface area contributed by atoms with Crippen molar-refractivity contribution < 1.29 is 13.9 Å². The Hall–Kier alpha value is -3.88. The quantitative estimate of drug-likeness (QED) is 0.270. The van der Waals surface area contributed by atoms with Gasteiger partial charge in [-0.2, -0.15) is 0 Å². The van der Waals surface area contributed by atoms with Gasteiger partial charge in [-0.05, 0) is 90.5 Å². The number of amides is 1. The van der Waals surface area contributed by atoms with Crippen LogP contribution in [0.15, 0.2) is 88.9 Å². The summed E-state index contributed by atoms with van der Waals surface area (Å²) in [6.07, 6.45) is 3.94. The highest BCUT2D eigenvalue weighted by Gasteiger charge is 2.32. The Kier molecular flexibility index (Phi) is 7.22. The second-order valence-electron chi connectivity index (χ2n) is 9.56. The summed E-state index contributed by atoms with van der Waals surface area (Å²) in [7, 11) is 0. The Morgan fingerprint density at radius 3 is 2.62 bits per heavy atom. The number of nitrogens with zero attached hydrogens (tertiary/aromatic N) is 4. The molecule has 1 amide bonds. The molecule has 0 saturated carbocycles. The van der Waals surface area contributed by atoms with E-state index in [0.29, 0.717) is 23.2 Å². The molecule has 4 aromatic rings. The first-order chi connectivity index (χ1) is 19.1. The zero-order valence-electron chi connectivity index (χ0n) is 21.7. The molecule has 1 aromatic heterocycles. The Bertz CT molecular complexity index is 1570. The highest BCUT2D eigenvalue weighted by atomic mass is 32.2. The molecule has 0 aliphatic carbocycles. The molecule has 8 heteroatoms. The second-order valence-corrected chi connectivity index (χ2v) is 10.6. The monoisotopic (exact) mass is 540 g/mol. The largest absolute Gasteiger partial charge is 0.378 e. The van der Waals surface area contributed by atoms with Crippen LogP contribution in [0.3, 0.4) is 0 Å². The summed E-state index contributed by atoms with van der Waals surface area (Å²) in [6, 6.07) is 23.0. The molecule has 2 saturated heterocycles. The lowest BCUT2D eigenvalue weighted by molar-refractivity contribution is -0.122. The van der Waals surface area contributed by atoms with Crippen LogP contribution in [-0.2, 0) is 16.1 Å². The van der Waals surface area contributed by atoms with Crippen molar-refractivity contribution >= 4 is 51.2 Å². The maximum atomic E-state index is 13.6. The number of aromatic nitrogens is 1. The predicted molar refractivity (Wildman–Crippen MR) is 157 cm³/mol. The molecular weight excluding hydrogens is 511 g/mol. The van der Waals surface area contributed by atoms with Crippen LogP contribution >= 0.6 is 11.8 Å². The Balaban J connectivity index is 1.21. The van der Waals surface area contributed by atoms with Crippen LogP contribution in [0.2, 0.25) is 0 Å². The van der Waals surface area contributed by atoms with Gasteiger partial charge in [-0.3, -0.25) is 9.69 Å². The molecule has 3 heterocycles. The first-order valence-electron chi connectivity index (χ1n) is 13.1. The average molecular weight is 541 g/mol. The lowest BCUT2D eigenvalue weighted by atomic mass is 10.1. The first kappa shape index (κ1) is 25.4. The number of fused-ring (bicyclic) bond motifs is 1. The molecule has 6 rings (SSSR count). The number of hydrogen-bond donors (Lipinski definition) is 0. The van der Waals surface area contributed by atoms with Gasteiger partial charge in [-0.25, -0.2) is 9.38 Å². The Morgan fingerprint density at radius 2 is 1.85 bits per heavy atom. The number of anilines is 1. The van der Waals surface area contributed by atoms with Crippen molar-refractivity contribution in [3.8, 4) is 0 Å². The summed E-state index contributed by atoms with van der Waals surface area (Å²) in [5.41, 5.74) is 4.90. The van der Waals surface area contributed by atoms with Crippen molar-refractivity contribution in [2.75, 3.05) is 37.7 Å². The van der Waals surface area contributed by atoms with Gasteiger partial charge in [0.1, 0.15) is 5.82 Å². The number of carbonyl (C=O) groups is 1. The Labute approximate surface area is 231 Å². The average Bonchev–Trinajstić information content (AvgIpc) is 3.48. The zero-order valence-corrected chi connectivity index (χ0v) is 22.5. The highest BCUT2D eigenvalue weighted by Crippen LogP contribution is 2.35.